The summed E-state index contributed by atoms with van der Waals surface area (Å²) in [7, 11) is 0. The molecule has 0 radical (unpaired) electrons. The number of ether oxygens (including phenoxy) is 1. The lowest BCUT2D eigenvalue weighted by atomic mass is 9.96. The van der Waals surface area contributed by atoms with Crippen LogP contribution >= 0.6 is 50.2 Å². The van der Waals surface area contributed by atoms with Gasteiger partial charge in [0.25, 0.3) is 5.56 Å². The van der Waals surface area contributed by atoms with Crippen LogP contribution in [0.2, 0.25) is 5.02 Å². The van der Waals surface area contributed by atoms with Gasteiger partial charge in [-0.05, 0) is 65.7 Å². The molecule has 0 aliphatic carbocycles. The molecule has 5 nitrogen and oxygen atoms in total. The number of thiophene rings is 1. The molecule has 0 saturated carbocycles. The molecule has 3 aromatic rings. The average molecular weight is 524 g/mol. The predicted molar refractivity (Wildman–Crippen MR) is 124 cm³/mol. The fourth-order valence-corrected chi connectivity index (χ4v) is 5.89. The van der Waals surface area contributed by atoms with Crippen LogP contribution in [0.4, 0.5) is 0 Å². The van der Waals surface area contributed by atoms with E-state index in [1.807, 2.05) is 30.3 Å². The highest BCUT2D eigenvalue weighted by molar-refractivity contribution is 9.11. The smallest absolute Gasteiger partial charge is 0.338 e. The molecule has 2 aromatic heterocycles. The minimum absolute atomic E-state index is 0.197. The van der Waals surface area contributed by atoms with Gasteiger partial charge in [-0.3, -0.25) is 9.36 Å². The Morgan fingerprint density at radius 3 is 2.63 bits per heavy atom. The molecule has 0 fully saturated rings. The Kier molecular flexibility index (Phi) is 6.11. The van der Waals surface area contributed by atoms with Gasteiger partial charge in [0.2, 0.25) is 0 Å². The van der Waals surface area contributed by atoms with Crippen LogP contribution in [-0.2, 0) is 9.53 Å². The second-order valence-corrected chi connectivity index (χ2v) is 10.4. The minimum Gasteiger partial charge on any atom is -0.463 e. The number of hydrogen-bond donors (Lipinski definition) is 0. The highest BCUT2D eigenvalue weighted by Gasteiger charge is 2.33. The summed E-state index contributed by atoms with van der Waals surface area (Å²) in [6, 6.07) is 10.4. The lowest BCUT2D eigenvalue weighted by Gasteiger charge is -2.24. The van der Waals surface area contributed by atoms with E-state index >= 15 is 0 Å². The van der Waals surface area contributed by atoms with Gasteiger partial charge in [0.1, 0.15) is 0 Å². The molecular weight excluding hydrogens is 508 g/mol. The maximum Gasteiger partial charge on any atom is 0.338 e. The van der Waals surface area contributed by atoms with E-state index in [2.05, 4.69) is 20.9 Å². The number of carbonyl (C=O) groups is 1. The van der Waals surface area contributed by atoms with E-state index in [9.17, 15) is 9.59 Å². The third kappa shape index (κ3) is 3.97. The van der Waals surface area contributed by atoms with Gasteiger partial charge in [0.05, 0.1) is 32.2 Å². The Balaban J connectivity index is 1.96. The second-order valence-electron chi connectivity index (χ2n) is 6.50. The van der Waals surface area contributed by atoms with E-state index in [1.54, 1.807) is 30.5 Å². The first-order valence-electron chi connectivity index (χ1n) is 9.09. The van der Waals surface area contributed by atoms with Gasteiger partial charge < -0.3 is 4.74 Å². The fourth-order valence-electron chi connectivity index (χ4n) is 3.29. The number of allylic oxidation sites excluding steroid dienone is 1. The zero-order valence-corrected chi connectivity index (χ0v) is 20.0. The van der Waals surface area contributed by atoms with Gasteiger partial charge >= 0.3 is 5.97 Å². The number of halogens is 2. The van der Waals surface area contributed by atoms with Crippen LogP contribution in [0.1, 0.15) is 30.3 Å². The van der Waals surface area contributed by atoms with Crippen molar-refractivity contribution >= 4 is 62.2 Å². The summed E-state index contributed by atoms with van der Waals surface area (Å²) < 4.78 is 8.39. The highest BCUT2D eigenvalue weighted by Crippen LogP contribution is 2.31. The van der Waals surface area contributed by atoms with Gasteiger partial charge in [-0.25, -0.2) is 9.79 Å². The van der Waals surface area contributed by atoms with Crippen molar-refractivity contribution in [3.8, 4) is 0 Å². The van der Waals surface area contributed by atoms with Gasteiger partial charge in [0.15, 0.2) is 4.80 Å². The first-order chi connectivity index (χ1) is 14.4. The number of fused-ring (bicyclic) bond motifs is 1. The quantitative estimate of drug-likeness (QED) is 0.480. The number of rotatable bonds is 4. The van der Waals surface area contributed by atoms with E-state index in [0.717, 1.165) is 14.2 Å². The lowest BCUT2D eigenvalue weighted by Crippen LogP contribution is -2.39. The molecule has 0 amide bonds. The van der Waals surface area contributed by atoms with Crippen molar-refractivity contribution in [1.82, 2.24) is 4.57 Å². The van der Waals surface area contributed by atoms with Crippen LogP contribution < -0.4 is 14.9 Å². The van der Waals surface area contributed by atoms with Gasteiger partial charge in [-0.2, -0.15) is 0 Å². The van der Waals surface area contributed by atoms with Crippen molar-refractivity contribution in [2.75, 3.05) is 6.61 Å². The van der Waals surface area contributed by atoms with Crippen molar-refractivity contribution in [1.29, 1.82) is 0 Å². The van der Waals surface area contributed by atoms with E-state index in [0.29, 0.717) is 25.6 Å². The predicted octanol–water partition coefficient (Wildman–Crippen LogP) is 4.28. The van der Waals surface area contributed by atoms with Crippen LogP contribution in [0.5, 0.6) is 0 Å². The van der Waals surface area contributed by atoms with E-state index in [1.165, 1.54) is 22.7 Å². The third-order valence-corrected chi connectivity index (χ3v) is 7.38. The highest BCUT2D eigenvalue weighted by atomic mass is 79.9. The maximum atomic E-state index is 13.4. The third-order valence-electron chi connectivity index (χ3n) is 4.57. The summed E-state index contributed by atoms with van der Waals surface area (Å²) in [4.78, 5) is 32.2. The van der Waals surface area contributed by atoms with Crippen LogP contribution in [0.25, 0.3) is 6.08 Å². The number of esters is 1. The van der Waals surface area contributed by atoms with Crippen LogP contribution in [-0.4, -0.2) is 17.1 Å². The molecule has 9 heteroatoms. The van der Waals surface area contributed by atoms with E-state index in [-0.39, 0.29) is 12.2 Å². The fraction of sp³-hybridized carbons (Fsp3) is 0.190. The molecule has 1 aliphatic rings. The standard InChI is InChI=1S/C21H16BrClN2O3S2/c1-3-28-20(27)17-11(2)24-21-25(18(17)12-4-6-13(23)7-5-12)19(26)15(30-21)10-14-8-9-16(22)29-14/h4-10,18H,3H2,1-2H3/b15-10+/t18-/m1/s1. The van der Waals surface area contributed by atoms with Crippen LogP contribution in [0.3, 0.4) is 0 Å². The van der Waals surface area contributed by atoms with Crippen molar-refractivity contribution < 1.29 is 9.53 Å². The summed E-state index contributed by atoms with van der Waals surface area (Å²) in [5, 5.41) is 0.577. The summed E-state index contributed by atoms with van der Waals surface area (Å²) in [6.07, 6.45) is 1.85. The van der Waals surface area contributed by atoms with Crippen molar-refractivity contribution in [2.45, 2.75) is 19.9 Å². The van der Waals surface area contributed by atoms with Crippen molar-refractivity contribution in [3.05, 3.63) is 86.6 Å². The van der Waals surface area contributed by atoms with Crippen LogP contribution in [0, 0.1) is 0 Å². The molecule has 0 N–H and O–H groups in total. The van der Waals surface area contributed by atoms with Gasteiger partial charge in [-0.15, -0.1) is 11.3 Å². The summed E-state index contributed by atoms with van der Waals surface area (Å²) >= 11 is 12.3. The lowest BCUT2D eigenvalue weighted by molar-refractivity contribution is -0.139. The number of aromatic nitrogens is 1. The average Bonchev–Trinajstić information content (AvgIpc) is 3.24. The number of carbonyl (C=O) groups excluding carboxylic acids is 1. The molecule has 4 rings (SSSR count). The zero-order chi connectivity index (χ0) is 21.4. The molecule has 30 heavy (non-hydrogen) atoms. The van der Waals surface area contributed by atoms with E-state index in [4.69, 9.17) is 16.3 Å². The molecular formula is C21H16BrClN2O3S2. The normalized spacial score (nSPS) is 16.4. The summed E-state index contributed by atoms with van der Waals surface area (Å²) in [6.45, 7) is 3.75. The molecule has 0 bridgehead atoms. The first-order valence-corrected chi connectivity index (χ1v) is 11.9. The summed E-state index contributed by atoms with van der Waals surface area (Å²) in [5.41, 5.74) is 1.47. The molecule has 0 saturated heterocycles. The molecule has 0 spiro atoms. The number of hydrogen-bond acceptors (Lipinski definition) is 6. The summed E-state index contributed by atoms with van der Waals surface area (Å²) in [5.74, 6) is -0.477. The van der Waals surface area contributed by atoms with E-state index < -0.39 is 12.0 Å². The second kappa shape index (κ2) is 8.63. The Bertz CT molecular complexity index is 1340. The Morgan fingerprint density at radius 1 is 1.27 bits per heavy atom. The SMILES string of the molecule is CCOC(=O)C1=C(C)N=c2s/c(=C/c3ccc(Br)s3)c(=O)n2[C@@H]1c1ccc(Cl)cc1. The van der Waals surface area contributed by atoms with Crippen molar-refractivity contribution in [2.24, 2.45) is 4.99 Å². The monoisotopic (exact) mass is 522 g/mol. The van der Waals surface area contributed by atoms with Crippen molar-refractivity contribution in [3.63, 3.8) is 0 Å². The molecule has 3 heterocycles. The molecule has 0 unspecified atom stereocenters. The maximum absolute atomic E-state index is 13.4. The zero-order valence-electron chi connectivity index (χ0n) is 16.0. The molecule has 1 aliphatic heterocycles. The molecule has 154 valence electrons. The Hall–Kier alpha value is -2.00. The Labute approximate surface area is 193 Å². The molecule has 1 aromatic carbocycles. The van der Waals surface area contributed by atoms with Crippen LogP contribution in [0.15, 0.2) is 61.2 Å². The Morgan fingerprint density at radius 2 is 2.00 bits per heavy atom. The minimum atomic E-state index is -0.630. The number of nitrogens with zero attached hydrogens (tertiary/aromatic N) is 2. The van der Waals surface area contributed by atoms with Gasteiger partial charge in [0, 0.05) is 9.90 Å². The molecule has 1 atom stereocenters. The topological polar surface area (TPSA) is 60.7 Å². The first kappa shape index (κ1) is 21.2. The number of thiazole rings is 1. The number of benzene rings is 1. The van der Waals surface area contributed by atoms with Gasteiger partial charge in [-0.1, -0.05) is 35.1 Å². The largest absolute Gasteiger partial charge is 0.463 e.